The van der Waals surface area contributed by atoms with E-state index in [-0.39, 0.29) is 0 Å². The van der Waals surface area contributed by atoms with Crippen LogP contribution in [0.25, 0.3) is 11.3 Å². The van der Waals surface area contributed by atoms with Crippen LogP contribution in [0.1, 0.15) is 12.8 Å². The molecule has 2 aromatic rings. The first kappa shape index (κ1) is 12.0. The minimum absolute atomic E-state index is 0.463. The molecule has 2 aromatic heterocycles. The van der Waals surface area contributed by atoms with Gasteiger partial charge in [0.1, 0.15) is 0 Å². The van der Waals surface area contributed by atoms with Gasteiger partial charge in [-0.05, 0) is 44.1 Å². The van der Waals surface area contributed by atoms with Gasteiger partial charge in [0.25, 0.3) is 0 Å². The molecule has 0 aliphatic carbocycles. The van der Waals surface area contributed by atoms with E-state index in [1.165, 1.54) is 0 Å². The van der Waals surface area contributed by atoms with Crippen molar-refractivity contribution in [3.8, 4) is 11.3 Å². The normalized spacial score (nSPS) is 16.2. The van der Waals surface area contributed by atoms with Crippen molar-refractivity contribution in [2.75, 3.05) is 18.4 Å². The van der Waals surface area contributed by atoms with Crippen molar-refractivity contribution >= 4 is 5.95 Å². The van der Waals surface area contributed by atoms with E-state index < -0.39 is 0 Å². The number of anilines is 1. The monoisotopic (exact) mass is 255 g/mol. The second-order valence-corrected chi connectivity index (χ2v) is 4.68. The average molecular weight is 255 g/mol. The molecule has 0 unspecified atom stereocenters. The lowest BCUT2D eigenvalue weighted by Gasteiger charge is -2.23. The number of hydrogen-bond donors (Lipinski definition) is 2. The van der Waals surface area contributed by atoms with E-state index in [1.54, 1.807) is 12.4 Å². The van der Waals surface area contributed by atoms with Crippen molar-refractivity contribution < 1.29 is 0 Å². The molecule has 0 bridgehead atoms. The lowest BCUT2D eigenvalue weighted by molar-refractivity contribution is 0.477. The van der Waals surface area contributed by atoms with Crippen LogP contribution < -0.4 is 10.6 Å². The molecule has 3 heterocycles. The first-order valence-electron chi connectivity index (χ1n) is 6.62. The Morgan fingerprint density at radius 3 is 2.84 bits per heavy atom. The molecule has 0 amide bonds. The molecule has 0 saturated carbocycles. The molecule has 0 aromatic carbocycles. The summed E-state index contributed by atoms with van der Waals surface area (Å²) in [6.45, 7) is 2.11. The number of nitrogens with zero attached hydrogens (tertiary/aromatic N) is 3. The Morgan fingerprint density at radius 2 is 2.05 bits per heavy atom. The summed E-state index contributed by atoms with van der Waals surface area (Å²) in [5, 5.41) is 6.76. The maximum absolute atomic E-state index is 4.55. The topological polar surface area (TPSA) is 62.7 Å². The van der Waals surface area contributed by atoms with Crippen LogP contribution in [0.3, 0.4) is 0 Å². The van der Waals surface area contributed by atoms with Gasteiger partial charge in [0.2, 0.25) is 5.95 Å². The van der Waals surface area contributed by atoms with Crippen LogP contribution >= 0.6 is 0 Å². The summed E-state index contributed by atoms with van der Waals surface area (Å²) in [5.41, 5.74) is 1.91. The zero-order valence-electron chi connectivity index (χ0n) is 10.7. The lowest BCUT2D eigenvalue weighted by atomic mass is 10.1. The van der Waals surface area contributed by atoms with Crippen molar-refractivity contribution in [2.24, 2.45) is 0 Å². The molecule has 3 rings (SSSR count). The third kappa shape index (κ3) is 3.06. The highest BCUT2D eigenvalue weighted by Crippen LogP contribution is 2.17. The summed E-state index contributed by atoms with van der Waals surface area (Å²) in [6, 6.07) is 6.29. The van der Waals surface area contributed by atoms with Gasteiger partial charge < -0.3 is 10.6 Å². The number of nitrogens with one attached hydrogen (secondary N) is 2. The first-order chi connectivity index (χ1) is 9.42. The smallest absolute Gasteiger partial charge is 0.223 e. The fourth-order valence-electron chi connectivity index (χ4n) is 2.25. The minimum Gasteiger partial charge on any atom is -0.351 e. The van der Waals surface area contributed by atoms with E-state index in [0.29, 0.717) is 12.0 Å². The van der Waals surface area contributed by atoms with E-state index in [1.807, 2.05) is 24.4 Å². The number of piperidine rings is 1. The molecule has 1 aliphatic heterocycles. The van der Waals surface area contributed by atoms with E-state index in [0.717, 1.165) is 37.2 Å². The Bertz CT molecular complexity index is 522. The van der Waals surface area contributed by atoms with Gasteiger partial charge in [-0.25, -0.2) is 9.97 Å². The van der Waals surface area contributed by atoms with Crippen molar-refractivity contribution in [2.45, 2.75) is 18.9 Å². The van der Waals surface area contributed by atoms with Gasteiger partial charge in [-0.1, -0.05) is 0 Å². The van der Waals surface area contributed by atoms with Gasteiger partial charge in [0.15, 0.2) is 0 Å². The summed E-state index contributed by atoms with van der Waals surface area (Å²) < 4.78 is 0. The van der Waals surface area contributed by atoms with Crippen molar-refractivity contribution in [1.29, 1.82) is 0 Å². The molecule has 5 heteroatoms. The standard InChI is InChI=1S/C14H17N5/c1-2-11(10-16-6-1)13-5-9-17-14(19-13)18-12-3-7-15-8-4-12/h1-2,5-6,9-10,12,15H,3-4,7-8H2,(H,17,18,19). The number of pyridine rings is 1. The molecular formula is C14H17N5. The zero-order valence-corrected chi connectivity index (χ0v) is 10.7. The third-order valence-electron chi connectivity index (χ3n) is 3.29. The summed E-state index contributed by atoms with van der Waals surface area (Å²) in [6.07, 6.45) is 7.59. The summed E-state index contributed by atoms with van der Waals surface area (Å²) in [7, 11) is 0. The SMILES string of the molecule is c1cncc(-c2ccnc(NC3CCNCC3)n2)c1. The predicted octanol–water partition coefficient (Wildman–Crippen LogP) is 1.70. The van der Waals surface area contributed by atoms with Gasteiger partial charge in [-0.2, -0.15) is 0 Å². The highest BCUT2D eigenvalue weighted by Gasteiger charge is 2.13. The molecule has 5 nitrogen and oxygen atoms in total. The van der Waals surface area contributed by atoms with Gasteiger partial charge in [0, 0.05) is 30.2 Å². The van der Waals surface area contributed by atoms with E-state index in [2.05, 4.69) is 25.6 Å². The van der Waals surface area contributed by atoms with Crippen LogP contribution in [-0.2, 0) is 0 Å². The minimum atomic E-state index is 0.463. The molecule has 19 heavy (non-hydrogen) atoms. The quantitative estimate of drug-likeness (QED) is 0.874. The van der Waals surface area contributed by atoms with Crippen molar-refractivity contribution in [3.63, 3.8) is 0 Å². The van der Waals surface area contributed by atoms with Crippen LogP contribution in [0.15, 0.2) is 36.8 Å². The van der Waals surface area contributed by atoms with E-state index in [4.69, 9.17) is 0 Å². The van der Waals surface area contributed by atoms with Crippen LogP contribution in [0, 0.1) is 0 Å². The second kappa shape index (κ2) is 5.75. The Hall–Kier alpha value is -2.01. The highest BCUT2D eigenvalue weighted by molar-refractivity contribution is 5.58. The van der Waals surface area contributed by atoms with Crippen LogP contribution in [0.5, 0.6) is 0 Å². The molecule has 0 atom stereocenters. The summed E-state index contributed by atoms with van der Waals surface area (Å²) in [5.74, 6) is 0.702. The van der Waals surface area contributed by atoms with Crippen molar-refractivity contribution in [3.05, 3.63) is 36.8 Å². The van der Waals surface area contributed by atoms with E-state index >= 15 is 0 Å². The first-order valence-corrected chi connectivity index (χ1v) is 6.62. The molecule has 1 aliphatic rings. The van der Waals surface area contributed by atoms with Crippen LogP contribution in [0.2, 0.25) is 0 Å². The molecule has 1 saturated heterocycles. The number of hydrogen-bond acceptors (Lipinski definition) is 5. The zero-order chi connectivity index (χ0) is 12.9. The largest absolute Gasteiger partial charge is 0.351 e. The predicted molar refractivity (Wildman–Crippen MR) is 74.8 cm³/mol. The molecule has 1 fully saturated rings. The summed E-state index contributed by atoms with van der Waals surface area (Å²) in [4.78, 5) is 13.0. The highest BCUT2D eigenvalue weighted by atomic mass is 15.1. The Morgan fingerprint density at radius 1 is 1.16 bits per heavy atom. The Balaban J connectivity index is 1.76. The number of rotatable bonds is 3. The van der Waals surface area contributed by atoms with E-state index in [9.17, 15) is 0 Å². The number of aromatic nitrogens is 3. The van der Waals surface area contributed by atoms with Gasteiger partial charge in [0.05, 0.1) is 5.69 Å². The molecular weight excluding hydrogens is 238 g/mol. The van der Waals surface area contributed by atoms with Gasteiger partial charge >= 0.3 is 0 Å². The maximum atomic E-state index is 4.55. The lowest BCUT2D eigenvalue weighted by Crippen LogP contribution is -2.35. The Labute approximate surface area is 112 Å². The van der Waals surface area contributed by atoms with Gasteiger partial charge in [-0.15, -0.1) is 0 Å². The molecule has 2 N–H and O–H groups in total. The molecule has 98 valence electrons. The fourth-order valence-corrected chi connectivity index (χ4v) is 2.25. The second-order valence-electron chi connectivity index (χ2n) is 4.68. The Kier molecular flexibility index (Phi) is 3.65. The van der Waals surface area contributed by atoms with Crippen molar-refractivity contribution in [1.82, 2.24) is 20.3 Å². The molecule has 0 radical (unpaired) electrons. The molecule has 0 spiro atoms. The maximum Gasteiger partial charge on any atom is 0.223 e. The third-order valence-corrected chi connectivity index (χ3v) is 3.29. The average Bonchev–Trinajstić information content (AvgIpc) is 2.49. The van der Waals surface area contributed by atoms with Crippen LogP contribution in [0.4, 0.5) is 5.95 Å². The van der Waals surface area contributed by atoms with Gasteiger partial charge in [-0.3, -0.25) is 4.98 Å². The summed E-state index contributed by atoms with van der Waals surface area (Å²) >= 11 is 0. The van der Waals surface area contributed by atoms with Crippen LogP contribution in [-0.4, -0.2) is 34.1 Å². The fraction of sp³-hybridized carbons (Fsp3) is 0.357.